The minimum absolute atomic E-state index is 0.00228. The molecule has 8 heteroatoms. The minimum Gasteiger partial charge on any atom is -0.492 e. The van der Waals surface area contributed by atoms with E-state index in [4.69, 9.17) is 21.1 Å². The second-order valence-corrected chi connectivity index (χ2v) is 14.2. The lowest BCUT2D eigenvalue weighted by atomic mass is 9.82. The number of hydrogen-bond acceptors (Lipinski definition) is 4. The number of halogens is 4. The van der Waals surface area contributed by atoms with Crippen LogP contribution in [0, 0.1) is 25.7 Å². The summed E-state index contributed by atoms with van der Waals surface area (Å²) in [7, 11) is 0. The van der Waals surface area contributed by atoms with Crippen LogP contribution in [0.3, 0.4) is 0 Å². The Balaban J connectivity index is 1.58. The number of cyclic esters (lactones) is 1. The summed E-state index contributed by atoms with van der Waals surface area (Å²) >= 11 is 6.74. The van der Waals surface area contributed by atoms with E-state index in [1.165, 1.54) is 0 Å². The van der Waals surface area contributed by atoms with Crippen molar-refractivity contribution >= 4 is 23.4 Å². The number of alkyl halides is 3. The quantitative estimate of drug-likeness (QED) is 0.124. The summed E-state index contributed by atoms with van der Waals surface area (Å²) in [6.45, 7) is 10.2. The van der Waals surface area contributed by atoms with Gasteiger partial charge in [0.2, 0.25) is 0 Å². The zero-order valence-electron chi connectivity index (χ0n) is 29.5. The molecule has 49 heavy (non-hydrogen) atoms. The maximum absolute atomic E-state index is 13.6. The van der Waals surface area contributed by atoms with Gasteiger partial charge in [-0.15, -0.1) is 0 Å². The van der Waals surface area contributed by atoms with Crippen molar-refractivity contribution in [2.75, 3.05) is 6.61 Å². The molecule has 0 N–H and O–H groups in total. The first kappa shape index (κ1) is 38.5. The van der Waals surface area contributed by atoms with Crippen LogP contribution in [0.4, 0.5) is 13.2 Å². The Morgan fingerprint density at radius 3 is 2.41 bits per heavy atom. The van der Waals surface area contributed by atoms with Crippen molar-refractivity contribution in [3.8, 4) is 16.9 Å². The minimum atomic E-state index is -4.48. The van der Waals surface area contributed by atoms with Gasteiger partial charge in [0.05, 0.1) is 17.2 Å². The van der Waals surface area contributed by atoms with Crippen LogP contribution in [0.25, 0.3) is 11.1 Å². The molecular weight excluding hydrogens is 649 g/mol. The van der Waals surface area contributed by atoms with E-state index in [1.54, 1.807) is 13.0 Å². The van der Waals surface area contributed by atoms with Gasteiger partial charge in [-0.25, -0.2) is 0 Å². The molecule has 0 amide bonds. The van der Waals surface area contributed by atoms with Crippen molar-refractivity contribution in [1.82, 2.24) is 0 Å². The molecule has 0 spiro atoms. The van der Waals surface area contributed by atoms with E-state index in [-0.39, 0.29) is 24.0 Å². The molecule has 1 heterocycles. The number of benzene rings is 3. The molecule has 266 valence electrons. The van der Waals surface area contributed by atoms with Crippen molar-refractivity contribution < 1.29 is 32.2 Å². The summed E-state index contributed by atoms with van der Waals surface area (Å²) in [4.78, 5) is 25.3. The van der Waals surface area contributed by atoms with Crippen molar-refractivity contribution in [2.45, 2.75) is 118 Å². The number of Topliss-reactive ketones (excluding diaryl/α,β-unsaturated/α-hetero) is 1. The normalized spacial score (nSPS) is 18.5. The maximum Gasteiger partial charge on any atom is 0.416 e. The van der Waals surface area contributed by atoms with Crippen LogP contribution in [-0.4, -0.2) is 18.4 Å². The zero-order chi connectivity index (χ0) is 35.7. The van der Waals surface area contributed by atoms with Crippen LogP contribution in [0.1, 0.15) is 118 Å². The molecule has 3 aromatic carbocycles. The van der Waals surface area contributed by atoms with Crippen molar-refractivity contribution in [3.63, 3.8) is 0 Å². The highest BCUT2D eigenvalue weighted by molar-refractivity contribution is 6.32. The Bertz CT molecular complexity index is 1600. The number of carbonyl (C=O) groups excluding carboxylic acids is 2. The van der Waals surface area contributed by atoms with Crippen molar-refractivity contribution in [3.05, 3.63) is 86.9 Å². The SMILES string of the molecule is CCCCc1cc(Cl)c(OCCCC(=O)CCC)cc1-c1ccc(C)cc1CC1CC[C@@H](C)[C@@H](c2cc(C)cc(C(F)(F)F)c2)OC(=O)C1. The second-order valence-electron chi connectivity index (χ2n) is 13.8. The van der Waals surface area contributed by atoms with E-state index >= 15 is 0 Å². The molecular formula is C41H50ClF3O4. The summed E-state index contributed by atoms with van der Waals surface area (Å²) in [5.41, 5.74) is 5.62. The molecule has 1 saturated heterocycles. The van der Waals surface area contributed by atoms with Crippen LogP contribution in [0.5, 0.6) is 5.75 Å². The smallest absolute Gasteiger partial charge is 0.416 e. The first-order chi connectivity index (χ1) is 23.3. The maximum atomic E-state index is 13.6. The number of aryl methyl sites for hydroxylation is 3. The van der Waals surface area contributed by atoms with Crippen LogP contribution in [-0.2, 0) is 33.3 Å². The number of ketones is 1. The molecule has 0 aliphatic carbocycles. The summed E-state index contributed by atoms with van der Waals surface area (Å²) in [6, 6.07) is 14.3. The van der Waals surface area contributed by atoms with Gasteiger partial charge >= 0.3 is 12.1 Å². The first-order valence-corrected chi connectivity index (χ1v) is 18.1. The van der Waals surface area contributed by atoms with Crippen LogP contribution >= 0.6 is 11.6 Å². The highest BCUT2D eigenvalue weighted by Crippen LogP contribution is 2.41. The van der Waals surface area contributed by atoms with Crippen LogP contribution < -0.4 is 4.74 Å². The molecule has 0 aromatic heterocycles. The van der Waals surface area contributed by atoms with E-state index in [1.807, 2.05) is 26.0 Å². The molecule has 3 atom stereocenters. The Labute approximate surface area is 294 Å². The van der Waals surface area contributed by atoms with Gasteiger partial charge in [0.25, 0.3) is 0 Å². The fourth-order valence-corrected chi connectivity index (χ4v) is 7.10. The fraction of sp³-hybridized carbons (Fsp3) is 0.512. The van der Waals surface area contributed by atoms with Crippen LogP contribution in [0.2, 0.25) is 5.02 Å². The number of carbonyl (C=O) groups is 2. The van der Waals surface area contributed by atoms with Crippen LogP contribution in [0.15, 0.2) is 48.5 Å². The summed E-state index contributed by atoms with van der Waals surface area (Å²) in [6.07, 6.45) is 2.50. The van der Waals surface area contributed by atoms with Gasteiger partial charge in [0, 0.05) is 19.3 Å². The predicted molar refractivity (Wildman–Crippen MR) is 190 cm³/mol. The number of ether oxygens (including phenoxy) is 2. The van der Waals surface area contributed by atoms with Gasteiger partial charge < -0.3 is 9.47 Å². The third kappa shape index (κ3) is 10.8. The number of hydrogen-bond donors (Lipinski definition) is 0. The molecule has 1 unspecified atom stereocenters. The Morgan fingerprint density at radius 2 is 1.69 bits per heavy atom. The Kier molecular flexibility index (Phi) is 13.8. The molecule has 0 bridgehead atoms. The molecule has 3 aromatic rings. The average Bonchev–Trinajstić information content (AvgIpc) is 3.03. The highest BCUT2D eigenvalue weighted by atomic mass is 35.5. The Morgan fingerprint density at radius 1 is 0.918 bits per heavy atom. The van der Waals surface area contributed by atoms with E-state index in [0.717, 1.165) is 72.1 Å². The second kappa shape index (κ2) is 17.6. The van der Waals surface area contributed by atoms with Gasteiger partial charge in [0.15, 0.2) is 0 Å². The topological polar surface area (TPSA) is 52.6 Å². The third-order valence-corrected chi connectivity index (χ3v) is 9.72. The average molecular weight is 699 g/mol. The van der Waals surface area contributed by atoms with Gasteiger partial charge in [0.1, 0.15) is 17.6 Å². The molecule has 1 fully saturated rings. The largest absolute Gasteiger partial charge is 0.492 e. The molecule has 4 nitrogen and oxygen atoms in total. The summed E-state index contributed by atoms with van der Waals surface area (Å²) < 4.78 is 52.8. The monoisotopic (exact) mass is 698 g/mol. The lowest BCUT2D eigenvalue weighted by Gasteiger charge is -2.31. The van der Waals surface area contributed by atoms with Gasteiger partial charge in [-0.05, 0) is 123 Å². The number of rotatable bonds is 14. The lowest BCUT2D eigenvalue weighted by Crippen LogP contribution is -2.25. The van der Waals surface area contributed by atoms with E-state index in [2.05, 4.69) is 32.0 Å². The fourth-order valence-electron chi connectivity index (χ4n) is 6.86. The molecule has 0 radical (unpaired) electrons. The number of esters is 1. The van der Waals surface area contributed by atoms with Crippen molar-refractivity contribution in [1.29, 1.82) is 0 Å². The molecule has 1 aliphatic heterocycles. The van der Waals surface area contributed by atoms with Gasteiger partial charge in [-0.3, -0.25) is 9.59 Å². The van der Waals surface area contributed by atoms with E-state index in [0.29, 0.717) is 60.6 Å². The van der Waals surface area contributed by atoms with E-state index < -0.39 is 23.8 Å². The Hall–Kier alpha value is -3.32. The third-order valence-electron chi connectivity index (χ3n) is 9.42. The van der Waals surface area contributed by atoms with Crippen molar-refractivity contribution in [2.24, 2.45) is 11.8 Å². The molecule has 1 aliphatic rings. The standard InChI is InChI=1S/C41H50ClF3O4/c1-6-8-11-30-24-37(42)38(48-17-9-12-34(46)10-7-2)25-36(30)35-16-13-26(3)18-31(35)21-29-15-14-28(5)40(49-39(47)22-29)32-19-27(4)20-33(23-32)41(43,44)45/h13,16,18-20,23-25,28-29,40H,6-12,14-15,17,21-22H2,1-5H3/t28-,29?,40+/m1/s1. The van der Waals surface area contributed by atoms with E-state index in [9.17, 15) is 22.8 Å². The zero-order valence-corrected chi connectivity index (χ0v) is 30.2. The predicted octanol–water partition coefficient (Wildman–Crippen LogP) is 11.8. The number of unbranched alkanes of at least 4 members (excludes halogenated alkanes) is 1. The van der Waals surface area contributed by atoms with Gasteiger partial charge in [-0.2, -0.15) is 13.2 Å². The first-order valence-electron chi connectivity index (χ1n) is 17.7. The van der Waals surface area contributed by atoms with Gasteiger partial charge in [-0.1, -0.05) is 74.2 Å². The molecule has 0 saturated carbocycles. The summed E-state index contributed by atoms with van der Waals surface area (Å²) in [5.74, 6) is 0.286. The lowest BCUT2D eigenvalue weighted by molar-refractivity contribution is -0.155. The summed E-state index contributed by atoms with van der Waals surface area (Å²) in [5, 5.41) is 0.547. The molecule has 4 rings (SSSR count). The highest BCUT2D eigenvalue weighted by Gasteiger charge is 2.34.